The summed E-state index contributed by atoms with van der Waals surface area (Å²) in [6.45, 7) is 5.57. The third-order valence-corrected chi connectivity index (χ3v) is 4.68. The molecular formula is C14H18BrClN2O. The molecule has 0 aromatic heterocycles. The van der Waals surface area contributed by atoms with E-state index in [9.17, 15) is 4.79 Å². The smallest absolute Gasteiger partial charge is 0.255 e. The molecule has 1 unspecified atom stereocenters. The van der Waals surface area contributed by atoms with Gasteiger partial charge in [0.05, 0.1) is 5.56 Å². The summed E-state index contributed by atoms with van der Waals surface area (Å²) in [5.74, 6) is 0.00866. The molecule has 0 radical (unpaired) electrons. The Morgan fingerprint density at radius 1 is 1.53 bits per heavy atom. The molecule has 1 amide bonds. The van der Waals surface area contributed by atoms with E-state index in [0.29, 0.717) is 23.7 Å². The number of halogens is 2. The first kappa shape index (κ1) is 14.8. The maximum atomic E-state index is 12.6. The van der Waals surface area contributed by atoms with E-state index in [-0.39, 0.29) is 17.4 Å². The van der Waals surface area contributed by atoms with Gasteiger partial charge in [-0.2, -0.15) is 0 Å². The minimum Gasteiger partial charge on any atom is -0.338 e. The maximum absolute atomic E-state index is 12.6. The fourth-order valence-corrected chi connectivity index (χ4v) is 2.97. The van der Waals surface area contributed by atoms with Crippen LogP contribution in [0.3, 0.4) is 0 Å². The molecule has 1 aliphatic rings. The van der Waals surface area contributed by atoms with Crippen molar-refractivity contribution >= 4 is 33.4 Å². The number of likely N-dealkylation sites (tertiary alicyclic amines) is 1. The van der Waals surface area contributed by atoms with E-state index < -0.39 is 0 Å². The number of nitrogens with zero attached hydrogens (tertiary/aromatic N) is 1. The van der Waals surface area contributed by atoms with Crippen molar-refractivity contribution in [2.24, 2.45) is 11.1 Å². The second kappa shape index (κ2) is 5.43. The lowest BCUT2D eigenvalue weighted by Gasteiger charge is -2.42. The monoisotopic (exact) mass is 344 g/mol. The molecule has 0 aliphatic carbocycles. The fourth-order valence-electron chi connectivity index (χ4n) is 2.38. The van der Waals surface area contributed by atoms with Gasteiger partial charge in [0.15, 0.2) is 0 Å². The van der Waals surface area contributed by atoms with Crippen molar-refractivity contribution in [3.63, 3.8) is 0 Å². The first-order chi connectivity index (χ1) is 8.81. The predicted molar refractivity (Wildman–Crippen MR) is 81.4 cm³/mol. The minimum absolute atomic E-state index is 0.00866. The first-order valence-electron chi connectivity index (χ1n) is 6.31. The van der Waals surface area contributed by atoms with Gasteiger partial charge in [0.2, 0.25) is 0 Å². The Balaban J connectivity index is 2.23. The molecule has 0 spiro atoms. The molecule has 1 aliphatic heterocycles. The van der Waals surface area contributed by atoms with Crippen LogP contribution in [0.5, 0.6) is 0 Å². The molecule has 1 heterocycles. The van der Waals surface area contributed by atoms with E-state index in [4.69, 9.17) is 17.3 Å². The lowest BCUT2D eigenvalue weighted by atomic mass is 9.79. The standard InChI is InChI=1S/C14H18BrClN2O/c1-14(2)8-18(6-5-12(14)17)13(19)10-7-9(16)3-4-11(10)15/h3-4,7,12H,5-6,8,17H2,1-2H3. The Morgan fingerprint density at radius 2 is 2.21 bits per heavy atom. The van der Waals surface area contributed by atoms with Crippen LogP contribution in [0, 0.1) is 5.41 Å². The Bertz CT molecular complexity index is 504. The van der Waals surface area contributed by atoms with Crippen molar-refractivity contribution in [1.82, 2.24) is 4.90 Å². The highest BCUT2D eigenvalue weighted by Gasteiger charge is 2.35. The highest BCUT2D eigenvalue weighted by atomic mass is 79.9. The molecule has 1 atom stereocenters. The van der Waals surface area contributed by atoms with Gasteiger partial charge in [0.25, 0.3) is 5.91 Å². The highest BCUT2D eigenvalue weighted by Crippen LogP contribution is 2.30. The van der Waals surface area contributed by atoms with E-state index in [0.717, 1.165) is 10.9 Å². The zero-order valence-corrected chi connectivity index (χ0v) is 13.5. The second-order valence-electron chi connectivity index (χ2n) is 5.73. The lowest BCUT2D eigenvalue weighted by Crippen LogP contribution is -2.54. The van der Waals surface area contributed by atoms with Crippen LogP contribution in [-0.4, -0.2) is 29.9 Å². The Kier molecular flexibility index (Phi) is 4.23. The number of piperidine rings is 1. The van der Waals surface area contributed by atoms with E-state index >= 15 is 0 Å². The Morgan fingerprint density at radius 3 is 2.84 bits per heavy atom. The molecule has 1 fully saturated rings. The van der Waals surface area contributed by atoms with Crippen LogP contribution in [0.2, 0.25) is 5.02 Å². The summed E-state index contributed by atoms with van der Waals surface area (Å²) in [6.07, 6.45) is 0.830. The summed E-state index contributed by atoms with van der Waals surface area (Å²) >= 11 is 9.37. The number of benzene rings is 1. The van der Waals surface area contributed by atoms with Gasteiger partial charge >= 0.3 is 0 Å². The zero-order valence-electron chi connectivity index (χ0n) is 11.1. The van der Waals surface area contributed by atoms with Crippen molar-refractivity contribution in [2.75, 3.05) is 13.1 Å². The predicted octanol–water partition coefficient (Wildman–Crippen LogP) is 3.30. The summed E-state index contributed by atoms with van der Waals surface area (Å²) in [4.78, 5) is 14.4. The van der Waals surface area contributed by atoms with Gasteiger partial charge in [0.1, 0.15) is 0 Å². The van der Waals surface area contributed by atoms with Gasteiger partial charge in [-0.05, 0) is 46.0 Å². The lowest BCUT2D eigenvalue weighted by molar-refractivity contribution is 0.0532. The molecule has 5 heteroatoms. The molecule has 2 rings (SSSR count). The van der Waals surface area contributed by atoms with Gasteiger partial charge in [-0.1, -0.05) is 25.4 Å². The van der Waals surface area contributed by atoms with Crippen LogP contribution < -0.4 is 5.73 Å². The average Bonchev–Trinajstić information content (AvgIpc) is 2.35. The third kappa shape index (κ3) is 3.12. The molecule has 19 heavy (non-hydrogen) atoms. The Hall–Kier alpha value is -0.580. The normalized spacial score (nSPS) is 22.4. The first-order valence-corrected chi connectivity index (χ1v) is 7.48. The van der Waals surface area contributed by atoms with Crippen LogP contribution in [0.4, 0.5) is 0 Å². The van der Waals surface area contributed by atoms with Gasteiger partial charge in [-0.3, -0.25) is 4.79 Å². The van der Waals surface area contributed by atoms with Gasteiger partial charge < -0.3 is 10.6 Å². The van der Waals surface area contributed by atoms with Crippen LogP contribution in [0.25, 0.3) is 0 Å². The van der Waals surface area contributed by atoms with Crippen LogP contribution in [0.15, 0.2) is 22.7 Å². The van der Waals surface area contributed by atoms with Crippen molar-refractivity contribution in [3.05, 3.63) is 33.3 Å². The quantitative estimate of drug-likeness (QED) is 0.849. The number of hydrogen-bond acceptors (Lipinski definition) is 2. The van der Waals surface area contributed by atoms with Crippen LogP contribution >= 0.6 is 27.5 Å². The number of amides is 1. The summed E-state index contributed by atoms with van der Waals surface area (Å²) in [6, 6.07) is 5.41. The largest absolute Gasteiger partial charge is 0.338 e. The van der Waals surface area contributed by atoms with E-state index in [2.05, 4.69) is 29.8 Å². The number of carbonyl (C=O) groups is 1. The number of nitrogens with two attached hydrogens (primary N) is 1. The fraction of sp³-hybridized carbons (Fsp3) is 0.500. The topological polar surface area (TPSA) is 46.3 Å². The molecule has 1 aromatic rings. The molecule has 3 nitrogen and oxygen atoms in total. The maximum Gasteiger partial charge on any atom is 0.255 e. The highest BCUT2D eigenvalue weighted by molar-refractivity contribution is 9.10. The molecule has 104 valence electrons. The van der Waals surface area contributed by atoms with Crippen molar-refractivity contribution in [3.8, 4) is 0 Å². The van der Waals surface area contributed by atoms with Gasteiger partial charge in [0, 0.05) is 28.6 Å². The molecule has 0 saturated carbocycles. The summed E-state index contributed by atoms with van der Waals surface area (Å²) < 4.78 is 0.773. The van der Waals surface area contributed by atoms with Crippen molar-refractivity contribution < 1.29 is 4.79 Å². The summed E-state index contributed by atoms with van der Waals surface area (Å²) in [5, 5.41) is 0.569. The number of carbonyl (C=O) groups excluding carboxylic acids is 1. The number of hydrogen-bond donors (Lipinski definition) is 1. The van der Waals surface area contributed by atoms with Gasteiger partial charge in [-0.15, -0.1) is 0 Å². The second-order valence-corrected chi connectivity index (χ2v) is 7.03. The van der Waals surface area contributed by atoms with Crippen molar-refractivity contribution in [2.45, 2.75) is 26.3 Å². The molecular weight excluding hydrogens is 328 g/mol. The zero-order chi connectivity index (χ0) is 14.2. The van der Waals surface area contributed by atoms with Crippen molar-refractivity contribution in [1.29, 1.82) is 0 Å². The minimum atomic E-state index is -0.0566. The number of rotatable bonds is 1. The van der Waals surface area contributed by atoms with Crippen LogP contribution in [0.1, 0.15) is 30.6 Å². The molecule has 0 bridgehead atoms. The van der Waals surface area contributed by atoms with Crippen LogP contribution in [-0.2, 0) is 0 Å². The summed E-state index contributed by atoms with van der Waals surface area (Å²) in [5.41, 5.74) is 6.65. The molecule has 1 saturated heterocycles. The van der Waals surface area contributed by atoms with Gasteiger partial charge in [-0.25, -0.2) is 0 Å². The van der Waals surface area contributed by atoms with E-state index in [1.165, 1.54) is 0 Å². The van der Waals surface area contributed by atoms with E-state index in [1.807, 2.05) is 4.90 Å². The van der Waals surface area contributed by atoms with E-state index in [1.54, 1.807) is 18.2 Å². The molecule has 1 aromatic carbocycles. The SMILES string of the molecule is CC1(C)CN(C(=O)c2cc(Cl)ccc2Br)CCC1N. The average molecular weight is 346 g/mol. The Labute approximate surface area is 127 Å². The summed E-state index contributed by atoms with van der Waals surface area (Å²) in [7, 11) is 0. The molecule has 2 N–H and O–H groups in total. The third-order valence-electron chi connectivity index (χ3n) is 3.76.